The van der Waals surface area contributed by atoms with Crippen LogP contribution in [0.25, 0.3) is 0 Å². The molecule has 1 saturated heterocycles. The first-order valence-electron chi connectivity index (χ1n) is 6.24. The van der Waals surface area contributed by atoms with Crippen LogP contribution in [-0.4, -0.2) is 37.1 Å². The maximum atomic E-state index is 4.27. The van der Waals surface area contributed by atoms with Gasteiger partial charge in [-0.25, -0.2) is 0 Å². The minimum absolute atomic E-state index is 0.632. The van der Waals surface area contributed by atoms with E-state index in [0.717, 1.165) is 13.0 Å². The topological polar surface area (TPSA) is 15.3 Å². The molecule has 1 aliphatic rings. The fourth-order valence-electron chi connectivity index (χ4n) is 2.46. The van der Waals surface area contributed by atoms with Crippen molar-refractivity contribution >= 4 is 0 Å². The van der Waals surface area contributed by atoms with E-state index in [4.69, 9.17) is 0 Å². The summed E-state index contributed by atoms with van der Waals surface area (Å²) in [6.45, 7) is 11.2. The fourth-order valence-corrected chi connectivity index (χ4v) is 2.46. The number of hydrogen-bond donors (Lipinski definition) is 1. The van der Waals surface area contributed by atoms with E-state index in [2.05, 4.69) is 30.6 Å². The first-order chi connectivity index (χ1) is 7.16. The SMILES string of the molecule is C=C(CCNC)C1CCCCN1C(C)C. The number of likely N-dealkylation sites (tertiary alicyclic amines) is 1. The number of nitrogens with zero attached hydrogens (tertiary/aromatic N) is 1. The van der Waals surface area contributed by atoms with Crippen molar-refractivity contribution in [2.24, 2.45) is 0 Å². The van der Waals surface area contributed by atoms with Crippen LogP contribution in [0.4, 0.5) is 0 Å². The smallest absolute Gasteiger partial charge is 0.0308 e. The van der Waals surface area contributed by atoms with Gasteiger partial charge in [-0.05, 0) is 53.2 Å². The second-order valence-electron chi connectivity index (χ2n) is 4.85. The van der Waals surface area contributed by atoms with Crippen LogP contribution in [0.2, 0.25) is 0 Å². The number of rotatable bonds is 5. The van der Waals surface area contributed by atoms with Crippen LogP contribution in [0.5, 0.6) is 0 Å². The van der Waals surface area contributed by atoms with Gasteiger partial charge in [0.15, 0.2) is 0 Å². The molecule has 2 nitrogen and oxygen atoms in total. The average Bonchev–Trinajstić information content (AvgIpc) is 2.25. The third-order valence-electron chi connectivity index (χ3n) is 3.37. The average molecular weight is 210 g/mol. The third-order valence-corrected chi connectivity index (χ3v) is 3.37. The molecule has 1 fully saturated rings. The van der Waals surface area contributed by atoms with Crippen LogP contribution in [0.15, 0.2) is 12.2 Å². The molecule has 1 N–H and O–H groups in total. The Labute approximate surface area is 94.7 Å². The van der Waals surface area contributed by atoms with E-state index in [0.29, 0.717) is 12.1 Å². The van der Waals surface area contributed by atoms with E-state index in [1.165, 1.54) is 31.4 Å². The highest BCUT2D eigenvalue weighted by atomic mass is 15.2. The number of hydrogen-bond acceptors (Lipinski definition) is 2. The van der Waals surface area contributed by atoms with Crippen molar-refractivity contribution < 1.29 is 0 Å². The molecular formula is C13H26N2. The Morgan fingerprint density at radius 3 is 2.80 bits per heavy atom. The van der Waals surface area contributed by atoms with Gasteiger partial charge in [0.25, 0.3) is 0 Å². The second-order valence-corrected chi connectivity index (χ2v) is 4.85. The van der Waals surface area contributed by atoms with Crippen molar-refractivity contribution in [3.05, 3.63) is 12.2 Å². The number of piperidine rings is 1. The first-order valence-corrected chi connectivity index (χ1v) is 6.24. The van der Waals surface area contributed by atoms with Crippen molar-refractivity contribution in [3.8, 4) is 0 Å². The predicted octanol–water partition coefficient (Wildman–Crippen LogP) is 2.42. The molecule has 1 atom stereocenters. The maximum Gasteiger partial charge on any atom is 0.0308 e. The Balaban J connectivity index is 2.51. The van der Waals surface area contributed by atoms with E-state index in [9.17, 15) is 0 Å². The molecule has 1 rings (SSSR count). The van der Waals surface area contributed by atoms with Crippen molar-refractivity contribution in [2.75, 3.05) is 20.1 Å². The van der Waals surface area contributed by atoms with Crippen LogP contribution < -0.4 is 5.32 Å². The Morgan fingerprint density at radius 1 is 1.47 bits per heavy atom. The molecule has 1 heterocycles. The Kier molecular flexibility index (Phi) is 5.34. The summed E-state index contributed by atoms with van der Waals surface area (Å²) in [4.78, 5) is 2.61. The zero-order chi connectivity index (χ0) is 11.3. The van der Waals surface area contributed by atoms with Crippen LogP contribution in [-0.2, 0) is 0 Å². The second kappa shape index (κ2) is 6.29. The van der Waals surface area contributed by atoms with Gasteiger partial charge in [0, 0.05) is 12.1 Å². The zero-order valence-electron chi connectivity index (χ0n) is 10.6. The summed E-state index contributed by atoms with van der Waals surface area (Å²) in [6.07, 6.45) is 5.14. The molecule has 1 unspecified atom stereocenters. The van der Waals surface area contributed by atoms with Gasteiger partial charge in [-0.1, -0.05) is 18.6 Å². The van der Waals surface area contributed by atoms with Crippen LogP contribution in [0.1, 0.15) is 39.5 Å². The molecule has 15 heavy (non-hydrogen) atoms. The van der Waals surface area contributed by atoms with Gasteiger partial charge in [0.1, 0.15) is 0 Å². The zero-order valence-corrected chi connectivity index (χ0v) is 10.6. The monoisotopic (exact) mass is 210 g/mol. The standard InChI is InChI=1S/C13H26N2/c1-11(2)15-10-6-5-7-13(15)12(3)8-9-14-4/h11,13-14H,3,5-10H2,1-2,4H3. The first kappa shape index (κ1) is 12.7. The van der Waals surface area contributed by atoms with Crippen molar-refractivity contribution in [2.45, 2.75) is 51.6 Å². The van der Waals surface area contributed by atoms with E-state index in [1.807, 2.05) is 7.05 Å². The van der Waals surface area contributed by atoms with Crippen molar-refractivity contribution in [1.82, 2.24) is 10.2 Å². The summed E-state index contributed by atoms with van der Waals surface area (Å²) in [6, 6.07) is 1.29. The normalized spacial score (nSPS) is 23.3. The molecule has 1 aliphatic heterocycles. The lowest BCUT2D eigenvalue weighted by molar-refractivity contribution is 0.131. The molecule has 0 radical (unpaired) electrons. The molecule has 0 aromatic heterocycles. The summed E-state index contributed by atoms with van der Waals surface area (Å²) >= 11 is 0. The van der Waals surface area contributed by atoms with Crippen LogP contribution in [0, 0.1) is 0 Å². The molecule has 0 aromatic carbocycles. The quantitative estimate of drug-likeness (QED) is 0.701. The van der Waals surface area contributed by atoms with Gasteiger partial charge in [0.2, 0.25) is 0 Å². The largest absolute Gasteiger partial charge is 0.319 e. The summed E-state index contributed by atoms with van der Waals surface area (Å²) < 4.78 is 0. The van der Waals surface area contributed by atoms with Gasteiger partial charge in [0.05, 0.1) is 0 Å². The molecule has 0 aliphatic carbocycles. The third kappa shape index (κ3) is 3.62. The summed E-state index contributed by atoms with van der Waals surface area (Å²) in [5, 5.41) is 3.20. The van der Waals surface area contributed by atoms with Crippen LogP contribution in [0.3, 0.4) is 0 Å². The van der Waals surface area contributed by atoms with E-state index < -0.39 is 0 Å². The lowest BCUT2D eigenvalue weighted by Crippen LogP contribution is -2.44. The van der Waals surface area contributed by atoms with Gasteiger partial charge in [-0.3, -0.25) is 4.90 Å². The summed E-state index contributed by atoms with van der Waals surface area (Å²) in [5.41, 5.74) is 1.41. The van der Waals surface area contributed by atoms with Gasteiger partial charge in [-0.2, -0.15) is 0 Å². The molecule has 0 amide bonds. The summed E-state index contributed by atoms with van der Waals surface area (Å²) in [7, 11) is 2.01. The van der Waals surface area contributed by atoms with Crippen molar-refractivity contribution in [1.29, 1.82) is 0 Å². The predicted molar refractivity (Wildman–Crippen MR) is 67.2 cm³/mol. The van der Waals surface area contributed by atoms with E-state index in [1.54, 1.807) is 0 Å². The van der Waals surface area contributed by atoms with E-state index >= 15 is 0 Å². The molecule has 0 spiro atoms. The molecule has 0 saturated carbocycles. The Bertz CT molecular complexity index is 199. The van der Waals surface area contributed by atoms with E-state index in [-0.39, 0.29) is 0 Å². The highest BCUT2D eigenvalue weighted by Gasteiger charge is 2.25. The molecule has 2 heteroatoms. The number of nitrogens with one attached hydrogen (secondary N) is 1. The molecular weight excluding hydrogens is 184 g/mol. The van der Waals surface area contributed by atoms with Crippen molar-refractivity contribution in [3.63, 3.8) is 0 Å². The lowest BCUT2D eigenvalue weighted by Gasteiger charge is -2.39. The van der Waals surface area contributed by atoms with Gasteiger partial charge >= 0.3 is 0 Å². The van der Waals surface area contributed by atoms with Gasteiger partial charge in [-0.15, -0.1) is 0 Å². The maximum absolute atomic E-state index is 4.27. The fraction of sp³-hybridized carbons (Fsp3) is 0.846. The Hall–Kier alpha value is -0.340. The minimum atomic E-state index is 0.632. The molecule has 88 valence electrons. The highest BCUT2D eigenvalue weighted by molar-refractivity contribution is 5.08. The Morgan fingerprint density at radius 2 is 2.20 bits per heavy atom. The van der Waals surface area contributed by atoms with Crippen LogP contribution >= 0.6 is 0 Å². The summed E-state index contributed by atoms with van der Waals surface area (Å²) in [5.74, 6) is 0. The van der Waals surface area contributed by atoms with Gasteiger partial charge < -0.3 is 5.32 Å². The molecule has 0 bridgehead atoms. The molecule has 0 aromatic rings. The minimum Gasteiger partial charge on any atom is -0.319 e. The lowest BCUT2D eigenvalue weighted by atomic mass is 9.93. The highest BCUT2D eigenvalue weighted by Crippen LogP contribution is 2.25.